The van der Waals surface area contributed by atoms with Gasteiger partial charge < -0.3 is 16.6 Å². The molecular weight excluding hydrogens is 144 g/mol. The minimum absolute atomic E-state index is 0.0170. The van der Waals surface area contributed by atoms with Gasteiger partial charge in [-0.05, 0) is 12.2 Å². The molecule has 0 aliphatic carbocycles. The Morgan fingerprint density at radius 1 is 1.45 bits per heavy atom. The number of aliphatic carboxylic acids is 1. The zero-order chi connectivity index (χ0) is 8.85. The molecule has 0 aliphatic heterocycles. The topological polar surface area (TPSA) is 89.3 Å². The van der Waals surface area contributed by atoms with Gasteiger partial charge in [0.2, 0.25) is 0 Å². The molecule has 0 fully saturated rings. The number of nitrogens with two attached hydrogens (primary N) is 2. The maximum atomic E-state index is 10.3. The van der Waals surface area contributed by atoms with Crippen molar-refractivity contribution in [3.63, 3.8) is 0 Å². The minimum atomic E-state index is -1.09. The first kappa shape index (κ1) is 9.29. The fourth-order valence-electron chi connectivity index (χ4n) is 0.395. The van der Waals surface area contributed by atoms with E-state index < -0.39 is 5.97 Å². The summed E-state index contributed by atoms with van der Waals surface area (Å²) in [4.78, 5) is 10.3. The van der Waals surface area contributed by atoms with Crippen LogP contribution in [0.4, 0.5) is 0 Å². The van der Waals surface area contributed by atoms with Crippen LogP contribution in [0.2, 0.25) is 0 Å². The standard InChI is InChI=1S/C7H10N2O2/c1-5(9)2-3-6(4-8)7(10)11/h2-4H,1,8-9H2,(H,10,11)/b3-2-,6-4+. The first-order valence-electron chi connectivity index (χ1n) is 2.85. The first-order valence-corrected chi connectivity index (χ1v) is 2.85. The van der Waals surface area contributed by atoms with Crippen molar-refractivity contribution in [2.45, 2.75) is 0 Å². The molecule has 0 aromatic heterocycles. The van der Waals surface area contributed by atoms with Crippen LogP contribution in [-0.2, 0) is 4.79 Å². The van der Waals surface area contributed by atoms with Crippen LogP contribution in [-0.4, -0.2) is 11.1 Å². The zero-order valence-electron chi connectivity index (χ0n) is 5.95. The molecule has 0 aliphatic rings. The van der Waals surface area contributed by atoms with Crippen molar-refractivity contribution in [2.24, 2.45) is 11.5 Å². The molecule has 0 aromatic carbocycles. The monoisotopic (exact) mass is 154 g/mol. The van der Waals surface area contributed by atoms with Crippen molar-refractivity contribution in [1.29, 1.82) is 0 Å². The summed E-state index contributed by atoms with van der Waals surface area (Å²) in [5.41, 5.74) is 10.4. The van der Waals surface area contributed by atoms with E-state index in [0.717, 1.165) is 6.20 Å². The number of carboxylic acids is 1. The van der Waals surface area contributed by atoms with E-state index >= 15 is 0 Å². The minimum Gasteiger partial charge on any atom is -0.478 e. The van der Waals surface area contributed by atoms with Crippen LogP contribution in [0.1, 0.15) is 0 Å². The van der Waals surface area contributed by atoms with E-state index in [9.17, 15) is 4.79 Å². The summed E-state index contributed by atoms with van der Waals surface area (Å²) in [5, 5.41) is 8.42. The lowest BCUT2D eigenvalue weighted by Gasteiger charge is -1.91. The summed E-state index contributed by atoms with van der Waals surface area (Å²) in [7, 11) is 0. The van der Waals surface area contributed by atoms with Crippen LogP contribution in [0.3, 0.4) is 0 Å². The van der Waals surface area contributed by atoms with Crippen LogP contribution >= 0.6 is 0 Å². The highest BCUT2D eigenvalue weighted by molar-refractivity contribution is 5.89. The van der Waals surface area contributed by atoms with E-state index in [1.807, 2.05) is 0 Å². The maximum Gasteiger partial charge on any atom is 0.337 e. The molecule has 0 rings (SSSR count). The fraction of sp³-hybridized carbons (Fsp3) is 0. The molecule has 0 amide bonds. The van der Waals surface area contributed by atoms with Crippen molar-refractivity contribution >= 4 is 5.97 Å². The molecule has 0 heterocycles. The number of hydrogen-bond donors (Lipinski definition) is 3. The van der Waals surface area contributed by atoms with E-state index in [1.165, 1.54) is 12.2 Å². The Hall–Kier alpha value is -1.71. The quantitative estimate of drug-likeness (QED) is 0.392. The number of carboxylic acid groups (broad SMARTS) is 1. The van der Waals surface area contributed by atoms with Gasteiger partial charge in [0.05, 0.1) is 5.57 Å². The van der Waals surface area contributed by atoms with Gasteiger partial charge in [-0.3, -0.25) is 0 Å². The van der Waals surface area contributed by atoms with Gasteiger partial charge in [-0.1, -0.05) is 6.58 Å². The summed E-state index contributed by atoms with van der Waals surface area (Å²) >= 11 is 0. The summed E-state index contributed by atoms with van der Waals surface area (Å²) < 4.78 is 0. The molecule has 5 N–H and O–H groups in total. The predicted molar refractivity (Wildman–Crippen MR) is 42.4 cm³/mol. The molecule has 0 radical (unpaired) electrons. The normalized spacial score (nSPS) is 11.8. The average Bonchev–Trinajstić information content (AvgIpc) is 1.87. The third-order valence-electron chi connectivity index (χ3n) is 0.903. The highest BCUT2D eigenvalue weighted by atomic mass is 16.4. The Morgan fingerprint density at radius 3 is 2.27 bits per heavy atom. The molecule has 0 saturated heterocycles. The Balaban J connectivity index is 4.34. The number of allylic oxidation sites excluding steroid dienone is 1. The largest absolute Gasteiger partial charge is 0.478 e. The predicted octanol–water partition coefficient (Wildman–Crippen LogP) is -0.0578. The molecular formula is C7H10N2O2. The lowest BCUT2D eigenvalue weighted by molar-refractivity contribution is -0.132. The third-order valence-corrected chi connectivity index (χ3v) is 0.903. The van der Waals surface area contributed by atoms with Crippen LogP contribution in [0.5, 0.6) is 0 Å². The Kier molecular flexibility index (Phi) is 3.51. The second-order valence-electron chi connectivity index (χ2n) is 1.84. The van der Waals surface area contributed by atoms with Gasteiger partial charge in [0.15, 0.2) is 0 Å². The number of rotatable bonds is 3. The smallest absolute Gasteiger partial charge is 0.337 e. The number of carbonyl (C=O) groups is 1. The average molecular weight is 154 g/mol. The van der Waals surface area contributed by atoms with Gasteiger partial charge in [0.1, 0.15) is 0 Å². The van der Waals surface area contributed by atoms with Crippen molar-refractivity contribution in [2.75, 3.05) is 0 Å². The molecule has 4 nitrogen and oxygen atoms in total. The second kappa shape index (κ2) is 4.16. The van der Waals surface area contributed by atoms with Gasteiger partial charge in [0.25, 0.3) is 0 Å². The van der Waals surface area contributed by atoms with Crippen molar-refractivity contribution in [3.8, 4) is 0 Å². The van der Waals surface area contributed by atoms with E-state index in [2.05, 4.69) is 6.58 Å². The SMILES string of the molecule is C=C(N)/C=C\C(=C/N)C(=O)O. The molecule has 0 aromatic rings. The van der Waals surface area contributed by atoms with Gasteiger partial charge in [-0.25, -0.2) is 4.79 Å². The highest BCUT2D eigenvalue weighted by Crippen LogP contribution is 1.95. The first-order chi connectivity index (χ1) is 5.07. The Labute approximate surface area is 64.5 Å². The lowest BCUT2D eigenvalue weighted by Crippen LogP contribution is -2.01. The van der Waals surface area contributed by atoms with E-state index in [-0.39, 0.29) is 11.3 Å². The summed E-state index contributed by atoms with van der Waals surface area (Å²) in [5.74, 6) is -1.09. The zero-order valence-corrected chi connectivity index (χ0v) is 5.95. The van der Waals surface area contributed by atoms with E-state index in [4.69, 9.17) is 16.6 Å². The molecule has 60 valence electrons. The van der Waals surface area contributed by atoms with Crippen molar-refractivity contribution in [1.82, 2.24) is 0 Å². The summed E-state index contributed by atoms with van der Waals surface area (Å²) in [6.45, 7) is 3.35. The molecule has 0 bridgehead atoms. The summed E-state index contributed by atoms with van der Waals surface area (Å²) in [6, 6.07) is 0. The summed E-state index contributed by atoms with van der Waals surface area (Å²) in [6.07, 6.45) is 3.64. The lowest BCUT2D eigenvalue weighted by atomic mass is 10.2. The van der Waals surface area contributed by atoms with Crippen LogP contribution in [0.15, 0.2) is 36.2 Å². The van der Waals surface area contributed by atoms with E-state index in [0.29, 0.717) is 0 Å². The second-order valence-corrected chi connectivity index (χ2v) is 1.84. The van der Waals surface area contributed by atoms with Gasteiger partial charge in [0, 0.05) is 11.9 Å². The maximum absolute atomic E-state index is 10.3. The van der Waals surface area contributed by atoms with Crippen LogP contribution < -0.4 is 11.5 Å². The van der Waals surface area contributed by atoms with Crippen molar-refractivity contribution in [3.05, 3.63) is 36.2 Å². The highest BCUT2D eigenvalue weighted by Gasteiger charge is 1.99. The van der Waals surface area contributed by atoms with Crippen LogP contribution in [0.25, 0.3) is 0 Å². The van der Waals surface area contributed by atoms with E-state index in [1.54, 1.807) is 0 Å². The fourth-order valence-corrected chi connectivity index (χ4v) is 0.395. The third kappa shape index (κ3) is 3.80. The van der Waals surface area contributed by atoms with Gasteiger partial charge in [-0.2, -0.15) is 0 Å². The molecule has 4 heteroatoms. The molecule has 0 unspecified atom stereocenters. The molecule has 0 saturated carbocycles. The molecule has 11 heavy (non-hydrogen) atoms. The Bertz CT molecular complexity index is 229. The molecule has 0 atom stereocenters. The molecule has 0 spiro atoms. The van der Waals surface area contributed by atoms with Gasteiger partial charge in [-0.15, -0.1) is 0 Å². The Morgan fingerprint density at radius 2 is 2.00 bits per heavy atom. The van der Waals surface area contributed by atoms with Crippen molar-refractivity contribution < 1.29 is 9.90 Å². The van der Waals surface area contributed by atoms with Gasteiger partial charge >= 0.3 is 5.97 Å². The van der Waals surface area contributed by atoms with Crippen LogP contribution in [0, 0.1) is 0 Å². The number of hydrogen-bond acceptors (Lipinski definition) is 3.